The summed E-state index contributed by atoms with van der Waals surface area (Å²) in [5.74, 6) is 0. The molecule has 0 aliphatic carbocycles. The molecule has 0 radical (unpaired) electrons. The van der Waals surface area contributed by atoms with E-state index in [1.807, 2.05) is 24.7 Å². The van der Waals surface area contributed by atoms with E-state index in [1.165, 1.54) is 29.0 Å². The first kappa shape index (κ1) is 21.8. The van der Waals surface area contributed by atoms with Crippen molar-refractivity contribution in [2.24, 2.45) is 0 Å². The van der Waals surface area contributed by atoms with Crippen molar-refractivity contribution < 1.29 is 0 Å². The molecule has 6 nitrogen and oxygen atoms in total. The smallest absolute Gasteiger partial charge is 0.142 e. The maximum atomic E-state index is 4.79. The fourth-order valence-electron chi connectivity index (χ4n) is 4.32. The minimum atomic E-state index is 0.880. The Kier molecular flexibility index (Phi) is 6.51. The zero-order valence-electron chi connectivity index (χ0n) is 19.2. The Balaban J connectivity index is 1.56. The molecular formula is C26H30N6S. The van der Waals surface area contributed by atoms with Crippen LogP contribution in [0.25, 0.3) is 22.2 Å². The van der Waals surface area contributed by atoms with Crippen LogP contribution in [0, 0.1) is 0 Å². The Morgan fingerprint density at radius 1 is 1.06 bits per heavy atom. The van der Waals surface area contributed by atoms with Crippen LogP contribution in [-0.4, -0.2) is 53.2 Å². The molecule has 5 rings (SSSR count). The molecule has 1 N–H and O–H groups in total. The lowest BCUT2D eigenvalue weighted by Crippen LogP contribution is -2.18. The number of rotatable bonds is 8. The lowest BCUT2D eigenvalue weighted by atomic mass is 10.1. The topological polar surface area (TPSA) is 49.2 Å². The van der Waals surface area contributed by atoms with Crippen molar-refractivity contribution in [1.82, 2.24) is 19.4 Å². The number of anilines is 2. The van der Waals surface area contributed by atoms with Crippen LogP contribution in [0.4, 0.5) is 11.4 Å². The number of likely N-dealkylation sites (N-methyl/N-ethyl adjacent to an activating group) is 1. The molecule has 1 saturated heterocycles. The van der Waals surface area contributed by atoms with Gasteiger partial charge in [0.15, 0.2) is 0 Å². The van der Waals surface area contributed by atoms with E-state index >= 15 is 0 Å². The molecule has 1 aliphatic rings. The molecule has 1 aromatic carbocycles. The van der Waals surface area contributed by atoms with E-state index in [4.69, 9.17) is 4.98 Å². The van der Waals surface area contributed by atoms with E-state index < -0.39 is 0 Å². The summed E-state index contributed by atoms with van der Waals surface area (Å²) in [5.41, 5.74) is 5.57. The maximum Gasteiger partial charge on any atom is 0.142 e. The predicted molar refractivity (Wildman–Crippen MR) is 139 cm³/mol. The van der Waals surface area contributed by atoms with Gasteiger partial charge in [-0.25, -0.2) is 4.98 Å². The summed E-state index contributed by atoms with van der Waals surface area (Å²) in [6, 6.07) is 14.7. The van der Waals surface area contributed by atoms with Crippen molar-refractivity contribution in [3.8, 4) is 11.1 Å². The van der Waals surface area contributed by atoms with Crippen molar-refractivity contribution in [2.75, 3.05) is 43.4 Å². The van der Waals surface area contributed by atoms with Gasteiger partial charge in [0.05, 0.1) is 23.0 Å². The fraction of sp³-hybridized carbons (Fsp3) is 0.308. The van der Waals surface area contributed by atoms with E-state index in [9.17, 15) is 0 Å². The Bertz CT molecular complexity index is 1210. The first-order valence-corrected chi connectivity index (χ1v) is 12.3. The van der Waals surface area contributed by atoms with E-state index in [0.717, 1.165) is 48.5 Å². The van der Waals surface area contributed by atoms with Crippen LogP contribution >= 0.6 is 11.9 Å². The summed E-state index contributed by atoms with van der Waals surface area (Å²) < 4.78 is 5.85. The number of pyridine rings is 2. The van der Waals surface area contributed by atoms with Gasteiger partial charge in [-0.2, -0.15) is 0 Å². The molecule has 4 heterocycles. The van der Waals surface area contributed by atoms with Gasteiger partial charge in [-0.3, -0.25) is 4.98 Å². The first-order chi connectivity index (χ1) is 16.2. The molecule has 4 aromatic rings. The van der Waals surface area contributed by atoms with Gasteiger partial charge in [0.1, 0.15) is 5.65 Å². The molecule has 3 aromatic heterocycles. The zero-order valence-corrected chi connectivity index (χ0v) is 20.1. The first-order valence-electron chi connectivity index (χ1n) is 11.5. The quantitative estimate of drug-likeness (QED) is 0.358. The number of benzene rings is 1. The monoisotopic (exact) mass is 458 g/mol. The fourth-order valence-corrected chi connectivity index (χ4v) is 5.01. The van der Waals surface area contributed by atoms with E-state index in [0.29, 0.717) is 0 Å². The Morgan fingerprint density at radius 3 is 2.67 bits per heavy atom. The third-order valence-electron chi connectivity index (χ3n) is 6.07. The van der Waals surface area contributed by atoms with Gasteiger partial charge in [-0.05, 0) is 63.2 Å². The lowest BCUT2D eigenvalue weighted by molar-refractivity contribution is 0.386. The van der Waals surface area contributed by atoms with Gasteiger partial charge in [0, 0.05) is 60.8 Å². The van der Waals surface area contributed by atoms with Crippen molar-refractivity contribution >= 4 is 34.4 Å². The maximum absolute atomic E-state index is 4.79. The van der Waals surface area contributed by atoms with Gasteiger partial charge in [-0.1, -0.05) is 18.2 Å². The molecule has 0 spiro atoms. The molecule has 1 aliphatic heterocycles. The third kappa shape index (κ3) is 4.84. The summed E-state index contributed by atoms with van der Waals surface area (Å²) in [6.07, 6.45) is 10.6. The van der Waals surface area contributed by atoms with E-state index in [-0.39, 0.29) is 0 Å². The lowest BCUT2D eigenvalue weighted by Gasteiger charge is -2.17. The molecule has 170 valence electrons. The number of fused-ring (bicyclic) bond motifs is 1. The molecule has 0 bridgehead atoms. The molecule has 1 fully saturated rings. The van der Waals surface area contributed by atoms with Gasteiger partial charge in [0.25, 0.3) is 0 Å². The van der Waals surface area contributed by atoms with Crippen LogP contribution in [-0.2, 0) is 6.54 Å². The second kappa shape index (κ2) is 9.85. The highest BCUT2D eigenvalue weighted by molar-refractivity contribution is 8.00. The number of nitrogens with zero attached hydrogens (tertiary/aromatic N) is 5. The van der Waals surface area contributed by atoms with E-state index in [1.54, 1.807) is 11.9 Å². The number of nitrogens with one attached hydrogen (secondary N) is 1. The molecule has 0 unspecified atom stereocenters. The number of hydrogen-bond acceptors (Lipinski definition) is 6. The van der Waals surface area contributed by atoms with Crippen molar-refractivity contribution in [3.05, 3.63) is 67.3 Å². The number of hydrogen-bond donors (Lipinski definition) is 1. The molecule has 0 atom stereocenters. The second-order valence-corrected chi connectivity index (χ2v) is 9.62. The normalized spacial score (nSPS) is 13.8. The zero-order chi connectivity index (χ0) is 22.6. The van der Waals surface area contributed by atoms with E-state index in [2.05, 4.69) is 80.8 Å². The van der Waals surface area contributed by atoms with Gasteiger partial charge < -0.3 is 19.1 Å². The van der Waals surface area contributed by atoms with Gasteiger partial charge in [0.2, 0.25) is 0 Å². The van der Waals surface area contributed by atoms with Crippen LogP contribution in [0.1, 0.15) is 12.8 Å². The third-order valence-corrected chi connectivity index (χ3v) is 6.90. The van der Waals surface area contributed by atoms with Crippen molar-refractivity contribution in [3.63, 3.8) is 0 Å². The highest BCUT2D eigenvalue weighted by atomic mass is 32.2. The molecule has 0 amide bonds. The molecule has 7 heteroatoms. The van der Waals surface area contributed by atoms with Crippen LogP contribution in [0.5, 0.6) is 0 Å². The van der Waals surface area contributed by atoms with Crippen molar-refractivity contribution in [1.29, 1.82) is 0 Å². The van der Waals surface area contributed by atoms with Gasteiger partial charge >= 0.3 is 0 Å². The molecule has 0 saturated carbocycles. The van der Waals surface area contributed by atoms with Crippen LogP contribution in [0.15, 0.2) is 72.1 Å². The SMILES string of the molecule is CN(C)CCn1cc(-c2cncc(N3CCCC3)c2)c2c(NSc3ccccc3)ccnc21. The van der Waals surface area contributed by atoms with Crippen LogP contribution < -0.4 is 9.62 Å². The highest BCUT2D eigenvalue weighted by Gasteiger charge is 2.18. The van der Waals surface area contributed by atoms with Crippen LogP contribution in [0.3, 0.4) is 0 Å². The Morgan fingerprint density at radius 2 is 1.88 bits per heavy atom. The highest BCUT2D eigenvalue weighted by Crippen LogP contribution is 2.37. The molecule has 33 heavy (non-hydrogen) atoms. The van der Waals surface area contributed by atoms with Crippen LogP contribution in [0.2, 0.25) is 0 Å². The standard InChI is InChI=1S/C26H30N6S/c1-30(2)14-15-32-19-23(20-16-21(18-27-17-20)31-12-6-7-13-31)25-24(10-11-28-26(25)32)29-33-22-8-4-3-5-9-22/h3-5,8-11,16-19H,6-7,12-15H2,1-2H3,(H,28,29). The summed E-state index contributed by atoms with van der Waals surface area (Å²) >= 11 is 1.62. The second-order valence-electron chi connectivity index (χ2n) is 8.74. The summed E-state index contributed by atoms with van der Waals surface area (Å²) in [4.78, 5) is 15.2. The largest absolute Gasteiger partial charge is 0.370 e. The Hall–Kier alpha value is -3.03. The summed E-state index contributed by atoms with van der Waals surface area (Å²) in [5, 5.41) is 1.14. The minimum absolute atomic E-state index is 0.880. The molecular weight excluding hydrogens is 428 g/mol. The minimum Gasteiger partial charge on any atom is -0.370 e. The Labute approximate surface area is 199 Å². The summed E-state index contributed by atoms with van der Waals surface area (Å²) in [7, 11) is 4.21. The predicted octanol–water partition coefficient (Wildman–Crippen LogP) is 5.38. The average Bonchev–Trinajstić information content (AvgIpc) is 3.51. The van der Waals surface area contributed by atoms with Gasteiger partial charge in [-0.15, -0.1) is 0 Å². The summed E-state index contributed by atoms with van der Waals surface area (Å²) in [6.45, 7) is 4.05. The average molecular weight is 459 g/mol. The van der Waals surface area contributed by atoms with Crippen molar-refractivity contribution in [2.45, 2.75) is 24.3 Å². The number of aromatic nitrogens is 3.